The van der Waals surface area contributed by atoms with Gasteiger partial charge in [0.1, 0.15) is 23.3 Å². The summed E-state index contributed by atoms with van der Waals surface area (Å²) in [5.74, 6) is -1.77. The van der Waals surface area contributed by atoms with Crippen molar-refractivity contribution in [1.29, 1.82) is 5.41 Å². The first-order valence-electron chi connectivity index (χ1n) is 15.1. The van der Waals surface area contributed by atoms with E-state index < -0.39 is 34.5 Å². The molecule has 254 valence electrons. The number of esters is 1. The Hall–Kier alpha value is -5.53. The molecule has 1 unspecified atom stereocenters. The summed E-state index contributed by atoms with van der Waals surface area (Å²) in [4.78, 5) is 42.9. The lowest BCUT2D eigenvalue weighted by Gasteiger charge is -2.25. The molecule has 14 heteroatoms. The second-order valence-electron chi connectivity index (χ2n) is 10.9. The van der Waals surface area contributed by atoms with Crippen LogP contribution < -0.4 is 20.7 Å². The maximum atomic E-state index is 14.3. The van der Waals surface area contributed by atoms with Crippen LogP contribution in [0.5, 0.6) is 0 Å². The van der Waals surface area contributed by atoms with Gasteiger partial charge >= 0.3 is 5.97 Å². The highest BCUT2D eigenvalue weighted by Gasteiger charge is 2.30. The van der Waals surface area contributed by atoms with Crippen LogP contribution in [0.1, 0.15) is 35.3 Å². The summed E-state index contributed by atoms with van der Waals surface area (Å²) in [7, 11) is -4.39. The molecule has 0 aliphatic rings. The van der Waals surface area contributed by atoms with Crippen LogP contribution in [0, 0.1) is 5.41 Å². The van der Waals surface area contributed by atoms with Gasteiger partial charge in [0.05, 0.1) is 17.8 Å². The number of nitrogens with two attached hydrogens (primary N) is 1. The van der Waals surface area contributed by atoms with Crippen LogP contribution in [0.4, 0.5) is 5.69 Å². The highest BCUT2D eigenvalue weighted by molar-refractivity contribution is 7.93. The molecular formula is C35H35ClN6O6S. The van der Waals surface area contributed by atoms with Crippen LogP contribution in [-0.4, -0.2) is 56.2 Å². The van der Waals surface area contributed by atoms with Gasteiger partial charge in [-0.25, -0.2) is 13.2 Å². The molecule has 5 rings (SSSR count). The van der Waals surface area contributed by atoms with E-state index in [0.29, 0.717) is 27.3 Å². The average Bonchev–Trinajstić information content (AvgIpc) is 3.08. The minimum absolute atomic E-state index is 0. The molecule has 0 fully saturated rings. The number of anilines is 1. The van der Waals surface area contributed by atoms with Crippen molar-refractivity contribution >= 4 is 73.4 Å². The van der Waals surface area contributed by atoms with Crippen LogP contribution in [0.2, 0.25) is 0 Å². The Morgan fingerprint density at radius 3 is 2.37 bits per heavy atom. The molecule has 0 bridgehead atoms. The second-order valence-corrected chi connectivity index (χ2v) is 12.7. The van der Waals surface area contributed by atoms with Gasteiger partial charge in [-0.15, -0.1) is 12.4 Å². The molecule has 5 aromatic rings. The molecule has 0 radical (unpaired) electrons. The summed E-state index contributed by atoms with van der Waals surface area (Å²) in [5.41, 5.74) is 7.68. The van der Waals surface area contributed by atoms with Gasteiger partial charge in [0.25, 0.3) is 15.9 Å². The molecule has 0 aliphatic carbocycles. The van der Waals surface area contributed by atoms with Crippen LogP contribution >= 0.6 is 12.4 Å². The fourth-order valence-corrected chi connectivity index (χ4v) is 6.75. The van der Waals surface area contributed by atoms with Crippen LogP contribution in [-0.2, 0) is 30.9 Å². The van der Waals surface area contributed by atoms with E-state index in [-0.39, 0.29) is 53.4 Å². The molecule has 0 spiro atoms. The van der Waals surface area contributed by atoms with Crippen LogP contribution in [0.15, 0.2) is 102 Å². The standard InChI is InChI=1S/C35H34N6O6S.ClH/c1-3-47-35(44)22(2)40-31(42)21-41(48(45,46)30-11-5-7-24-9-6-18-38-32(24)30)27-16-17-28-26(19-27)8-4-10-29(28)34(43)39-20-23-12-14-25(15-13-23)33(36)37;/h4-19,22H,3,20-21H2,1-2H3,(H3,36,37)(H,39,43)(H,40,42);1H. The Bertz CT molecular complexity index is 2140. The third kappa shape index (κ3) is 8.13. The maximum absolute atomic E-state index is 14.3. The quantitative estimate of drug-likeness (QED) is 0.0843. The molecular weight excluding hydrogens is 668 g/mol. The Morgan fingerprint density at radius 1 is 0.959 bits per heavy atom. The number of rotatable bonds is 12. The number of nitrogens with zero attached hydrogens (tertiary/aromatic N) is 2. The number of fused-ring (bicyclic) bond motifs is 2. The third-order valence-corrected chi connectivity index (χ3v) is 9.39. The molecule has 0 aliphatic heterocycles. The third-order valence-electron chi connectivity index (χ3n) is 7.58. The van der Waals surface area contributed by atoms with Crippen molar-refractivity contribution in [2.75, 3.05) is 17.5 Å². The highest BCUT2D eigenvalue weighted by atomic mass is 35.5. The minimum atomic E-state index is -4.39. The molecule has 5 N–H and O–H groups in total. The number of para-hydroxylation sites is 1. The van der Waals surface area contributed by atoms with E-state index in [4.69, 9.17) is 15.9 Å². The Labute approximate surface area is 289 Å². The van der Waals surface area contributed by atoms with Gasteiger partial charge in [0.2, 0.25) is 5.91 Å². The van der Waals surface area contributed by atoms with E-state index in [1.807, 2.05) is 0 Å². The number of nitrogens with one attached hydrogen (secondary N) is 3. The zero-order valence-electron chi connectivity index (χ0n) is 26.7. The van der Waals surface area contributed by atoms with Gasteiger partial charge in [-0.1, -0.05) is 60.7 Å². The number of amidine groups is 1. The summed E-state index contributed by atoms with van der Waals surface area (Å²) >= 11 is 0. The first-order valence-corrected chi connectivity index (χ1v) is 16.5. The van der Waals surface area contributed by atoms with E-state index in [2.05, 4.69) is 15.6 Å². The molecule has 0 saturated carbocycles. The number of carbonyl (C=O) groups excluding carboxylic acids is 3. The zero-order chi connectivity index (χ0) is 34.4. The number of hydrogen-bond donors (Lipinski definition) is 4. The Kier molecular flexibility index (Phi) is 11.5. The first-order chi connectivity index (χ1) is 23.0. The van der Waals surface area contributed by atoms with Gasteiger partial charge in [-0.05, 0) is 60.5 Å². The van der Waals surface area contributed by atoms with Crippen molar-refractivity contribution in [2.24, 2.45) is 5.73 Å². The fraction of sp³-hybridized carbons (Fsp3) is 0.171. The smallest absolute Gasteiger partial charge is 0.328 e. The molecule has 1 aromatic heterocycles. The maximum Gasteiger partial charge on any atom is 0.328 e. The number of hydrogen-bond acceptors (Lipinski definition) is 8. The number of aromatic nitrogens is 1. The zero-order valence-corrected chi connectivity index (χ0v) is 28.3. The lowest BCUT2D eigenvalue weighted by atomic mass is 10.0. The summed E-state index contributed by atoms with van der Waals surface area (Å²) in [6, 6.07) is 24.0. The number of halogens is 1. The van der Waals surface area contributed by atoms with E-state index >= 15 is 0 Å². The van der Waals surface area contributed by atoms with Gasteiger partial charge in [-0.3, -0.25) is 24.3 Å². The molecule has 1 atom stereocenters. The topological polar surface area (TPSA) is 185 Å². The lowest BCUT2D eigenvalue weighted by molar-refractivity contribution is -0.146. The van der Waals surface area contributed by atoms with Gasteiger partial charge in [0, 0.05) is 29.3 Å². The number of carbonyl (C=O) groups is 3. The number of nitrogen functional groups attached to an aromatic ring is 1. The number of benzene rings is 4. The van der Waals surface area contributed by atoms with Crippen LogP contribution in [0.3, 0.4) is 0 Å². The van der Waals surface area contributed by atoms with Crippen molar-refractivity contribution in [3.05, 3.63) is 114 Å². The Morgan fingerprint density at radius 2 is 1.65 bits per heavy atom. The number of ether oxygens (including phenoxy) is 1. The normalized spacial score (nSPS) is 11.6. The van der Waals surface area contributed by atoms with Crippen molar-refractivity contribution in [3.8, 4) is 0 Å². The average molecular weight is 703 g/mol. The van der Waals surface area contributed by atoms with E-state index in [1.165, 1.54) is 25.3 Å². The van der Waals surface area contributed by atoms with E-state index in [1.54, 1.807) is 85.8 Å². The van der Waals surface area contributed by atoms with Gasteiger partial charge < -0.3 is 21.1 Å². The van der Waals surface area contributed by atoms with Crippen molar-refractivity contribution < 1.29 is 27.5 Å². The number of pyridine rings is 1. The molecule has 49 heavy (non-hydrogen) atoms. The fourth-order valence-electron chi connectivity index (χ4n) is 5.17. The van der Waals surface area contributed by atoms with Gasteiger partial charge in [0.15, 0.2) is 0 Å². The lowest BCUT2D eigenvalue weighted by Crippen LogP contribution is -2.46. The molecule has 1 heterocycles. The minimum Gasteiger partial charge on any atom is -0.464 e. The monoisotopic (exact) mass is 702 g/mol. The summed E-state index contributed by atoms with van der Waals surface area (Å²) in [6.07, 6.45) is 1.49. The Balaban J connectivity index is 0.00000541. The molecule has 12 nitrogen and oxygen atoms in total. The molecule has 4 aromatic carbocycles. The highest BCUT2D eigenvalue weighted by Crippen LogP contribution is 2.31. The molecule has 0 saturated heterocycles. The number of amides is 2. The predicted octanol–water partition coefficient (Wildman–Crippen LogP) is 4.29. The summed E-state index contributed by atoms with van der Waals surface area (Å²) in [6.45, 7) is 2.80. The van der Waals surface area contributed by atoms with E-state index in [0.717, 1.165) is 9.87 Å². The predicted molar refractivity (Wildman–Crippen MR) is 190 cm³/mol. The van der Waals surface area contributed by atoms with Crippen LogP contribution in [0.25, 0.3) is 21.7 Å². The first kappa shape index (κ1) is 36.3. The number of sulfonamides is 1. The SMILES string of the molecule is CCOC(=O)C(C)NC(=O)CN(c1ccc2c(C(=O)NCc3ccc(C(=N)N)cc3)cccc2c1)S(=O)(=O)c1cccc2cccnc12.Cl. The van der Waals surface area contributed by atoms with Gasteiger partial charge in [-0.2, -0.15) is 0 Å². The van der Waals surface area contributed by atoms with Crippen molar-refractivity contribution in [2.45, 2.75) is 31.3 Å². The van der Waals surface area contributed by atoms with Crippen molar-refractivity contribution in [1.82, 2.24) is 15.6 Å². The van der Waals surface area contributed by atoms with Crippen molar-refractivity contribution in [3.63, 3.8) is 0 Å². The summed E-state index contributed by atoms with van der Waals surface area (Å²) in [5, 5.41) is 14.7. The largest absolute Gasteiger partial charge is 0.464 e. The summed E-state index contributed by atoms with van der Waals surface area (Å²) < 4.78 is 34.6. The van der Waals surface area contributed by atoms with E-state index in [9.17, 15) is 22.8 Å². The molecule has 2 amide bonds. The second kappa shape index (κ2) is 15.6.